The van der Waals surface area contributed by atoms with Crippen molar-refractivity contribution in [1.82, 2.24) is 9.97 Å². The maximum absolute atomic E-state index is 10.6. The summed E-state index contributed by atoms with van der Waals surface area (Å²) in [6, 6.07) is -1.22. The van der Waals surface area contributed by atoms with Crippen molar-refractivity contribution in [3.05, 3.63) is 20.8 Å². The number of carbonyl (C=O) groups is 1. The van der Waals surface area contributed by atoms with E-state index in [1.165, 1.54) is 0 Å². The van der Waals surface area contributed by atoms with Crippen LogP contribution >= 0.6 is 15.9 Å². The SMILES string of the molecule is NC(C(=O)O)c1[nH]c(=O)[nH]c1Br. The molecule has 12 heavy (non-hydrogen) atoms. The van der Waals surface area contributed by atoms with Gasteiger partial charge in [0.05, 0.1) is 5.69 Å². The van der Waals surface area contributed by atoms with Gasteiger partial charge in [0.1, 0.15) is 10.6 Å². The van der Waals surface area contributed by atoms with Crippen LogP contribution in [0.25, 0.3) is 0 Å². The molecule has 0 aliphatic rings. The molecule has 1 heterocycles. The van der Waals surface area contributed by atoms with Crippen molar-refractivity contribution in [2.24, 2.45) is 5.73 Å². The summed E-state index contributed by atoms with van der Waals surface area (Å²) < 4.78 is 0.266. The zero-order chi connectivity index (χ0) is 9.30. The third-order valence-corrected chi connectivity index (χ3v) is 1.91. The first kappa shape index (κ1) is 9.01. The number of aromatic amines is 2. The van der Waals surface area contributed by atoms with Gasteiger partial charge < -0.3 is 20.8 Å². The van der Waals surface area contributed by atoms with Gasteiger partial charge >= 0.3 is 11.7 Å². The first-order valence-corrected chi connectivity index (χ1v) is 3.77. The van der Waals surface area contributed by atoms with E-state index in [1.54, 1.807) is 0 Å². The number of nitrogens with two attached hydrogens (primary N) is 1. The fourth-order valence-corrected chi connectivity index (χ4v) is 1.24. The van der Waals surface area contributed by atoms with Crippen LogP contribution in [0, 0.1) is 0 Å². The molecule has 0 spiro atoms. The largest absolute Gasteiger partial charge is 0.480 e. The van der Waals surface area contributed by atoms with E-state index in [1.807, 2.05) is 0 Å². The number of rotatable bonds is 2. The predicted octanol–water partition coefficient (Wildman–Crippen LogP) is -0.450. The number of H-pyrrole nitrogens is 2. The Morgan fingerprint density at radius 3 is 2.50 bits per heavy atom. The van der Waals surface area contributed by atoms with E-state index in [9.17, 15) is 9.59 Å². The first-order chi connectivity index (χ1) is 5.52. The second kappa shape index (κ2) is 3.11. The zero-order valence-corrected chi connectivity index (χ0v) is 7.38. The van der Waals surface area contributed by atoms with Gasteiger partial charge in [0.2, 0.25) is 0 Å². The van der Waals surface area contributed by atoms with Gasteiger partial charge in [-0.25, -0.2) is 4.79 Å². The van der Waals surface area contributed by atoms with E-state index in [0.717, 1.165) is 0 Å². The molecule has 0 aromatic carbocycles. The molecule has 0 amide bonds. The standard InChI is InChI=1S/C5H6BrN3O3/c6-3-2(1(7)4(10)11)8-5(12)9-3/h1H,7H2,(H,10,11)(H2,8,9,12). The van der Waals surface area contributed by atoms with Crippen molar-refractivity contribution in [1.29, 1.82) is 0 Å². The highest BCUT2D eigenvalue weighted by Gasteiger charge is 2.19. The molecule has 0 saturated carbocycles. The van der Waals surface area contributed by atoms with Gasteiger partial charge in [0.25, 0.3) is 0 Å². The Morgan fingerprint density at radius 2 is 2.17 bits per heavy atom. The quantitative estimate of drug-likeness (QED) is 0.557. The van der Waals surface area contributed by atoms with Crippen LogP contribution in [0.3, 0.4) is 0 Å². The number of halogens is 1. The van der Waals surface area contributed by atoms with Crippen LogP contribution in [-0.2, 0) is 4.79 Å². The van der Waals surface area contributed by atoms with E-state index in [4.69, 9.17) is 10.8 Å². The number of aliphatic carboxylic acids is 1. The molecule has 1 unspecified atom stereocenters. The highest BCUT2D eigenvalue weighted by molar-refractivity contribution is 9.10. The Labute approximate surface area is 74.9 Å². The van der Waals surface area contributed by atoms with Gasteiger partial charge in [-0.2, -0.15) is 0 Å². The van der Waals surface area contributed by atoms with E-state index in [-0.39, 0.29) is 10.3 Å². The average Bonchev–Trinajstić information content (AvgIpc) is 2.28. The van der Waals surface area contributed by atoms with Crippen molar-refractivity contribution < 1.29 is 9.90 Å². The maximum atomic E-state index is 10.6. The third-order valence-electron chi connectivity index (χ3n) is 1.29. The van der Waals surface area contributed by atoms with Gasteiger partial charge in [-0.1, -0.05) is 0 Å². The van der Waals surface area contributed by atoms with Crippen LogP contribution in [0.4, 0.5) is 0 Å². The maximum Gasteiger partial charge on any atom is 0.326 e. The average molecular weight is 236 g/mol. The summed E-state index contributed by atoms with van der Waals surface area (Å²) in [5.41, 5.74) is 4.87. The summed E-state index contributed by atoms with van der Waals surface area (Å²) in [7, 11) is 0. The molecule has 1 atom stereocenters. The molecule has 0 radical (unpaired) electrons. The molecule has 1 aromatic heterocycles. The number of hydrogen-bond acceptors (Lipinski definition) is 3. The molecule has 7 heteroatoms. The van der Waals surface area contributed by atoms with Gasteiger partial charge in [-0.3, -0.25) is 4.79 Å². The highest BCUT2D eigenvalue weighted by atomic mass is 79.9. The Hall–Kier alpha value is -1.08. The lowest BCUT2D eigenvalue weighted by molar-refractivity contribution is -0.138. The minimum atomic E-state index is -1.22. The number of imidazole rings is 1. The highest BCUT2D eigenvalue weighted by Crippen LogP contribution is 2.15. The van der Waals surface area contributed by atoms with Crippen molar-refractivity contribution >= 4 is 21.9 Å². The van der Waals surface area contributed by atoms with Crippen LogP contribution in [0.2, 0.25) is 0 Å². The third kappa shape index (κ3) is 1.56. The van der Waals surface area contributed by atoms with Crippen LogP contribution in [0.1, 0.15) is 11.7 Å². The minimum absolute atomic E-state index is 0.132. The van der Waals surface area contributed by atoms with Crippen LogP contribution in [0.5, 0.6) is 0 Å². The number of hydrogen-bond donors (Lipinski definition) is 4. The van der Waals surface area contributed by atoms with Crippen molar-refractivity contribution in [2.45, 2.75) is 6.04 Å². The summed E-state index contributed by atoms with van der Waals surface area (Å²) in [6.07, 6.45) is 0. The molecule has 1 aromatic rings. The molecule has 1 rings (SSSR count). The van der Waals surface area contributed by atoms with Gasteiger partial charge in [-0.05, 0) is 15.9 Å². The summed E-state index contributed by atoms with van der Waals surface area (Å²) in [5, 5.41) is 8.49. The molecule has 0 fully saturated rings. The lowest BCUT2D eigenvalue weighted by atomic mass is 10.2. The lowest BCUT2D eigenvalue weighted by Crippen LogP contribution is -2.22. The van der Waals surface area contributed by atoms with Gasteiger partial charge in [0, 0.05) is 0 Å². The molecule has 66 valence electrons. The second-order valence-corrected chi connectivity index (χ2v) is 2.92. The van der Waals surface area contributed by atoms with E-state index in [0.29, 0.717) is 0 Å². The van der Waals surface area contributed by atoms with E-state index < -0.39 is 17.7 Å². The molecule has 0 aliphatic heterocycles. The molecule has 0 saturated heterocycles. The van der Waals surface area contributed by atoms with Crippen molar-refractivity contribution in [3.63, 3.8) is 0 Å². The fraction of sp³-hybridized carbons (Fsp3) is 0.200. The van der Waals surface area contributed by atoms with Crippen LogP contribution in [0.15, 0.2) is 9.40 Å². The summed E-state index contributed by atoms with van der Waals surface area (Å²) >= 11 is 2.96. The number of carboxylic acid groups (broad SMARTS) is 1. The second-order valence-electron chi connectivity index (χ2n) is 2.12. The number of nitrogens with one attached hydrogen (secondary N) is 2. The summed E-state index contributed by atoms with van der Waals surface area (Å²) in [6.45, 7) is 0. The van der Waals surface area contributed by atoms with E-state index in [2.05, 4.69) is 25.9 Å². The van der Waals surface area contributed by atoms with Crippen molar-refractivity contribution in [3.8, 4) is 0 Å². The molecule has 6 nitrogen and oxygen atoms in total. The normalized spacial score (nSPS) is 12.8. The molecular weight excluding hydrogens is 230 g/mol. The Morgan fingerprint density at radius 1 is 1.58 bits per heavy atom. The van der Waals surface area contributed by atoms with Crippen LogP contribution < -0.4 is 11.4 Å². The molecule has 5 N–H and O–H groups in total. The molecule has 0 bridgehead atoms. The van der Waals surface area contributed by atoms with Gasteiger partial charge in [-0.15, -0.1) is 0 Å². The first-order valence-electron chi connectivity index (χ1n) is 2.98. The van der Waals surface area contributed by atoms with Crippen LogP contribution in [-0.4, -0.2) is 21.0 Å². The lowest BCUT2D eigenvalue weighted by Gasteiger charge is -2.02. The van der Waals surface area contributed by atoms with Gasteiger partial charge in [0.15, 0.2) is 0 Å². The monoisotopic (exact) mass is 235 g/mol. The Balaban J connectivity index is 3.10. The molecular formula is C5H6BrN3O3. The minimum Gasteiger partial charge on any atom is -0.480 e. The topological polar surface area (TPSA) is 112 Å². The summed E-state index contributed by atoms with van der Waals surface area (Å²) in [5.74, 6) is -1.20. The number of aromatic nitrogens is 2. The molecule has 0 aliphatic carbocycles. The number of carboxylic acids is 1. The fourth-order valence-electron chi connectivity index (χ4n) is 0.713. The zero-order valence-electron chi connectivity index (χ0n) is 5.80. The van der Waals surface area contributed by atoms with Crippen molar-refractivity contribution in [2.75, 3.05) is 0 Å². The Kier molecular flexibility index (Phi) is 2.34. The predicted molar refractivity (Wildman–Crippen MR) is 43.7 cm³/mol. The Bertz CT molecular complexity index is 355. The smallest absolute Gasteiger partial charge is 0.326 e. The summed E-state index contributed by atoms with van der Waals surface area (Å²) in [4.78, 5) is 25.6. The van der Waals surface area contributed by atoms with E-state index >= 15 is 0 Å².